The highest BCUT2D eigenvalue weighted by Gasteiger charge is 2.54. The second-order valence-corrected chi connectivity index (χ2v) is 8.07. The Bertz CT molecular complexity index is 958. The summed E-state index contributed by atoms with van der Waals surface area (Å²) in [6.45, 7) is 4.33. The van der Waals surface area contributed by atoms with E-state index in [1.54, 1.807) is 19.2 Å². The monoisotopic (exact) mass is 380 g/mol. The minimum Gasteiger partial charge on any atom is -0.334 e. The molecule has 1 fully saturated rings. The molecular formula is C22H21FN2OS. The first-order valence-electron chi connectivity index (χ1n) is 9.04. The molecule has 2 aromatic carbocycles. The third kappa shape index (κ3) is 2.96. The number of hydrogen-bond donors (Lipinski definition) is 0. The van der Waals surface area contributed by atoms with Gasteiger partial charge >= 0.3 is 0 Å². The minimum absolute atomic E-state index is 0.00273. The molecule has 1 amide bonds. The van der Waals surface area contributed by atoms with Gasteiger partial charge < -0.3 is 4.90 Å². The van der Waals surface area contributed by atoms with E-state index in [0.717, 1.165) is 10.6 Å². The summed E-state index contributed by atoms with van der Waals surface area (Å²) in [5, 5.41) is 2.61. The number of likely N-dealkylation sites (tertiary alicyclic amines) is 1. The van der Waals surface area contributed by atoms with Gasteiger partial charge in [-0.1, -0.05) is 42.5 Å². The average molecular weight is 380 g/mol. The standard InChI is InChI=1S/C22H21FN2OS/c1-15-8-9-18(12-19(15)23)22(20-24-10-11-27-20)13-16(2)25(21(22)26)14-17-6-4-3-5-7-17/h3-12,16H,13-14H2,1-2H3. The third-order valence-corrected chi connectivity index (χ3v) is 6.35. The quantitative estimate of drug-likeness (QED) is 0.657. The number of aryl methyl sites for hydroxylation is 1. The fraction of sp³-hybridized carbons (Fsp3) is 0.273. The van der Waals surface area contributed by atoms with Gasteiger partial charge in [0, 0.05) is 24.2 Å². The molecule has 0 saturated carbocycles. The van der Waals surface area contributed by atoms with Crippen molar-refractivity contribution >= 4 is 17.2 Å². The lowest BCUT2D eigenvalue weighted by molar-refractivity contribution is -0.132. The van der Waals surface area contributed by atoms with Gasteiger partial charge in [-0.25, -0.2) is 9.37 Å². The first-order valence-corrected chi connectivity index (χ1v) is 9.92. The lowest BCUT2D eigenvalue weighted by atomic mass is 9.78. The molecule has 0 bridgehead atoms. The van der Waals surface area contributed by atoms with Gasteiger partial charge in [-0.15, -0.1) is 11.3 Å². The average Bonchev–Trinajstić information content (AvgIpc) is 3.28. The lowest BCUT2D eigenvalue weighted by Gasteiger charge is -2.27. The Labute approximate surface area is 162 Å². The fourth-order valence-corrected chi connectivity index (χ4v) is 4.79. The van der Waals surface area contributed by atoms with E-state index in [1.807, 2.05) is 46.7 Å². The Kier molecular flexibility index (Phi) is 4.56. The number of amides is 1. The van der Waals surface area contributed by atoms with Crippen molar-refractivity contribution in [1.82, 2.24) is 9.88 Å². The molecule has 1 saturated heterocycles. The molecule has 1 aromatic heterocycles. The number of benzene rings is 2. The summed E-state index contributed by atoms with van der Waals surface area (Å²) in [5.74, 6) is -0.289. The molecule has 1 aliphatic heterocycles. The molecule has 138 valence electrons. The van der Waals surface area contributed by atoms with Gasteiger partial charge in [-0.3, -0.25) is 4.79 Å². The predicted molar refractivity (Wildman–Crippen MR) is 105 cm³/mol. The molecule has 0 radical (unpaired) electrons. The van der Waals surface area contributed by atoms with E-state index in [-0.39, 0.29) is 17.8 Å². The highest BCUT2D eigenvalue weighted by atomic mass is 32.1. The van der Waals surface area contributed by atoms with Crippen molar-refractivity contribution in [2.45, 2.75) is 38.3 Å². The van der Waals surface area contributed by atoms with Crippen molar-refractivity contribution in [3.63, 3.8) is 0 Å². The Balaban J connectivity index is 1.80. The lowest BCUT2D eigenvalue weighted by Crippen LogP contribution is -2.39. The molecule has 0 spiro atoms. The Morgan fingerprint density at radius 2 is 2.04 bits per heavy atom. The molecule has 27 heavy (non-hydrogen) atoms. The van der Waals surface area contributed by atoms with Crippen LogP contribution in [-0.2, 0) is 16.8 Å². The summed E-state index contributed by atoms with van der Waals surface area (Å²) in [6, 6.07) is 15.1. The van der Waals surface area contributed by atoms with Gasteiger partial charge in [0.2, 0.25) is 5.91 Å². The van der Waals surface area contributed by atoms with Crippen LogP contribution in [0.4, 0.5) is 4.39 Å². The summed E-state index contributed by atoms with van der Waals surface area (Å²) in [4.78, 5) is 20.1. The van der Waals surface area contributed by atoms with Crippen LogP contribution in [0.25, 0.3) is 0 Å². The maximum absolute atomic E-state index is 14.4. The van der Waals surface area contributed by atoms with Crippen LogP contribution in [0, 0.1) is 12.7 Å². The summed E-state index contributed by atoms with van der Waals surface area (Å²) < 4.78 is 14.4. The number of halogens is 1. The second-order valence-electron chi connectivity index (χ2n) is 7.18. The van der Waals surface area contributed by atoms with Crippen molar-refractivity contribution < 1.29 is 9.18 Å². The number of nitrogens with zero attached hydrogens (tertiary/aromatic N) is 2. The summed E-state index contributed by atoms with van der Waals surface area (Å²) in [7, 11) is 0. The topological polar surface area (TPSA) is 33.2 Å². The SMILES string of the molecule is Cc1ccc(C2(c3nccs3)CC(C)N(Cc3ccccc3)C2=O)cc1F. The van der Waals surface area contributed by atoms with E-state index in [1.165, 1.54) is 17.4 Å². The number of thiazole rings is 1. The number of aromatic nitrogens is 1. The molecule has 2 heterocycles. The molecule has 3 aromatic rings. The zero-order chi connectivity index (χ0) is 19.0. The van der Waals surface area contributed by atoms with Gasteiger partial charge in [-0.2, -0.15) is 0 Å². The third-order valence-electron chi connectivity index (χ3n) is 5.42. The van der Waals surface area contributed by atoms with Gasteiger partial charge in [0.1, 0.15) is 16.2 Å². The largest absolute Gasteiger partial charge is 0.334 e. The molecule has 4 rings (SSSR count). The maximum atomic E-state index is 14.4. The van der Waals surface area contributed by atoms with E-state index < -0.39 is 5.41 Å². The van der Waals surface area contributed by atoms with Crippen LogP contribution in [0.5, 0.6) is 0 Å². The molecule has 3 nitrogen and oxygen atoms in total. The van der Waals surface area contributed by atoms with Gasteiger partial charge in [0.05, 0.1) is 0 Å². The Morgan fingerprint density at radius 3 is 2.70 bits per heavy atom. The van der Waals surface area contributed by atoms with E-state index in [2.05, 4.69) is 11.9 Å². The highest BCUT2D eigenvalue weighted by Crippen LogP contribution is 2.46. The molecular weight excluding hydrogens is 359 g/mol. The van der Waals surface area contributed by atoms with Crippen LogP contribution in [0.3, 0.4) is 0 Å². The Morgan fingerprint density at radius 1 is 1.26 bits per heavy atom. The number of carbonyl (C=O) groups excluding carboxylic acids is 1. The molecule has 1 aliphatic rings. The predicted octanol–water partition coefficient (Wildman–Crippen LogP) is 4.70. The van der Waals surface area contributed by atoms with Crippen LogP contribution in [0.2, 0.25) is 0 Å². The summed E-state index contributed by atoms with van der Waals surface area (Å²) in [5.41, 5.74) is 1.43. The van der Waals surface area contributed by atoms with E-state index in [0.29, 0.717) is 24.1 Å². The number of rotatable bonds is 4. The second kappa shape index (κ2) is 6.89. The molecule has 5 heteroatoms. The van der Waals surface area contributed by atoms with Crippen LogP contribution in [-0.4, -0.2) is 21.8 Å². The highest BCUT2D eigenvalue weighted by molar-refractivity contribution is 7.09. The normalized spacial score (nSPS) is 22.4. The fourth-order valence-electron chi connectivity index (χ4n) is 3.93. The van der Waals surface area contributed by atoms with Crippen LogP contribution >= 0.6 is 11.3 Å². The smallest absolute Gasteiger partial charge is 0.240 e. The van der Waals surface area contributed by atoms with Crippen molar-refractivity contribution in [1.29, 1.82) is 0 Å². The van der Waals surface area contributed by atoms with Crippen molar-refractivity contribution in [2.75, 3.05) is 0 Å². The van der Waals surface area contributed by atoms with E-state index in [4.69, 9.17) is 0 Å². The molecule has 2 unspecified atom stereocenters. The van der Waals surface area contributed by atoms with Gasteiger partial charge in [0.15, 0.2) is 0 Å². The van der Waals surface area contributed by atoms with E-state index >= 15 is 0 Å². The van der Waals surface area contributed by atoms with Crippen LogP contribution in [0.1, 0.15) is 35.0 Å². The number of carbonyl (C=O) groups is 1. The van der Waals surface area contributed by atoms with Crippen molar-refractivity contribution in [3.8, 4) is 0 Å². The maximum Gasteiger partial charge on any atom is 0.240 e. The van der Waals surface area contributed by atoms with Gasteiger partial charge in [0.25, 0.3) is 0 Å². The molecule has 0 aliphatic carbocycles. The minimum atomic E-state index is -0.920. The van der Waals surface area contributed by atoms with Crippen LogP contribution in [0.15, 0.2) is 60.1 Å². The zero-order valence-electron chi connectivity index (χ0n) is 15.4. The number of hydrogen-bond acceptors (Lipinski definition) is 3. The van der Waals surface area contributed by atoms with Crippen molar-refractivity contribution in [3.05, 3.63) is 87.6 Å². The molecule has 2 atom stereocenters. The van der Waals surface area contributed by atoms with Gasteiger partial charge in [-0.05, 0) is 43.0 Å². The summed E-state index contributed by atoms with van der Waals surface area (Å²) >= 11 is 1.46. The van der Waals surface area contributed by atoms with Crippen LogP contribution < -0.4 is 0 Å². The Hall–Kier alpha value is -2.53. The first kappa shape index (κ1) is 17.9. The first-order chi connectivity index (χ1) is 13.0. The molecule has 0 N–H and O–H groups in total. The summed E-state index contributed by atoms with van der Waals surface area (Å²) in [6.07, 6.45) is 2.30. The van der Waals surface area contributed by atoms with Crippen molar-refractivity contribution in [2.24, 2.45) is 0 Å². The van der Waals surface area contributed by atoms with E-state index in [9.17, 15) is 9.18 Å². The zero-order valence-corrected chi connectivity index (χ0v) is 16.2.